The number of hydrogen-bond donors (Lipinski definition) is 1. The van der Waals surface area contributed by atoms with E-state index in [0.717, 1.165) is 14.5 Å². The lowest BCUT2D eigenvalue weighted by Crippen LogP contribution is -2.40. The van der Waals surface area contributed by atoms with Crippen LogP contribution >= 0.6 is 43.2 Å². The van der Waals surface area contributed by atoms with Gasteiger partial charge in [-0.15, -0.1) is 0 Å². The Morgan fingerprint density at radius 3 is 2.34 bits per heavy atom. The number of rotatable bonds is 7. The van der Waals surface area contributed by atoms with Gasteiger partial charge in [0.05, 0.1) is 46.1 Å². The van der Waals surface area contributed by atoms with Gasteiger partial charge >= 0.3 is 0 Å². The van der Waals surface area contributed by atoms with Crippen molar-refractivity contribution in [2.75, 3.05) is 26.6 Å². The molecule has 4 aromatic rings. The second-order valence-electron chi connectivity index (χ2n) is 9.03. The first-order chi connectivity index (χ1) is 19.7. The van der Waals surface area contributed by atoms with Gasteiger partial charge < -0.3 is 19.5 Å². The predicted octanol–water partition coefficient (Wildman–Crippen LogP) is 5.42. The summed E-state index contributed by atoms with van der Waals surface area (Å²) in [6, 6.07) is 17.4. The van der Waals surface area contributed by atoms with Crippen molar-refractivity contribution in [3.63, 3.8) is 0 Å². The molecule has 1 amide bonds. The first-order valence-corrected chi connectivity index (χ1v) is 14.8. The Hall–Kier alpha value is -3.67. The maximum atomic E-state index is 14.1. The first-order valence-electron chi connectivity index (χ1n) is 12.4. The number of carbonyl (C=O) groups is 1. The molecule has 1 aliphatic heterocycles. The minimum absolute atomic E-state index is 0.280. The molecule has 3 aromatic carbocycles. The van der Waals surface area contributed by atoms with E-state index in [4.69, 9.17) is 19.2 Å². The Morgan fingerprint density at radius 1 is 1.00 bits per heavy atom. The molecule has 0 fully saturated rings. The molecule has 2 heterocycles. The quantitative estimate of drug-likeness (QED) is 0.278. The number of fused-ring (bicyclic) bond motifs is 1. The number of nitrogens with zero attached hydrogens (tertiary/aromatic N) is 2. The molecule has 0 radical (unpaired) electrons. The highest BCUT2D eigenvalue weighted by molar-refractivity contribution is 9.11. The van der Waals surface area contributed by atoms with E-state index in [1.54, 1.807) is 63.2 Å². The lowest BCUT2D eigenvalue weighted by molar-refractivity contribution is -0.113. The summed E-state index contributed by atoms with van der Waals surface area (Å²) < 4.78 is 20.0. The third-order valence-electron chi connectivity index (χ3n) is 6.56. The van der Waals surface area contributed by atoms with Gasteiger partial charge in [-0.2, -0.15) is 0 Å². The van der Waals surface area contributed by atoms with Crippen molar-refractivity contribution in [2.24, 2.45) is 4.99 Å². The van der Waals surface area contributed by atoms with E-state index in [-0.39, 0.29) is 11.5 Å². The lowest BCUT2D eigenvalue weighted by Gasteiger charge is -2.26. The van der Waals surface area contributed by atoms with Gasteiger partial charge in [0.15, 0.2) is 4.80 Å². The van der Waals surface area contributed by atoms with Crippen molar-refractivity contribution < 1.29 is 19.0 Å². The molecule has 0 unspecified atom stereocenters. The molecule has 1 N–H and O–H groups in total. The summed E-state index contributed by atoms with van der Waals surface area (Å²) in [5.41, 5.74) is 2.60. The molecule has 0 bridgehead atoms. The molecule has 0 saturated carbocycles. The summed E-state index contributed by atoms with van der Waals surface area (Å²) in [5, 5.41) is 2.96. The number of benzene rings is 3. The molecular weight excluding hydrogens is 674 g/mol. The van der Waals surface area contributed by atoms with Crippen LogP contribution < -0.4 is 34.4 Å². The normalized spacial score (nSPS) is 14.8. The Bertz CT molecular complexity index is 1840. The van der Waals surface area contributed by atoms with Crippen molar-refractivity contribution in [3.8, 4) is 17.2 Å². The summed E-state index contributed by atoms with van der Waals surface area (Å²) in [5.74, 6) is 1.36. The standard InChI is InChI=1S/C30H25Br2N3O5S/c1-16-25(28(36)34-18-8-6-5-7-9-18)26(20-11-10-19(38-2)15-23(20)39-3)35-29(37)24(41-30(35)33-16)14-17-12-21(31)27(40-4)22(32)13-17/h5-15,26H,1-4H3,(H,34,36)/b24-14-/t26-/m1/s1. The van der Waals surface area contributed by atoms with Gasteiger partial charge in [0.2, 0.25) is 0 Å². The number of anilines is 1. The second kappa shape index (κ2) is 12.1. The zero-order valence-electron chi connectivity index (χ0n) is 22.5. The molecule has 0 spiro atoms. The predicted molar refractivity (Wildman–Crippen MR) is 167 cm³/mol. The van der Waals surface area contributed by atoms with Crippen LogP contribution in [0.5, 0.6) is 17.2 Å². The van der Waals surface area contributed by atoms with E-state index in [9.17, 15) is 9.59 Å². The monoisotopic (exact) mass is 697 g/mol. The Labute approximate surface area is 256 Å². The number of carbonyl (C=O) groups excluding carboxylic acids is 1. The molecule has 0 aliphatic carbocycles. The van der Waals surface area contributed by atoms with Gasteiger partial charge in [0.25, 0.3) is 11.5 Å². The molecular formula is C30H25Br2N3O5S. The zero-order valence-corrected chi connectivity index (χ0v) is 26.5. The summed E-state index contributed by atoms with van der Waals surface area (Å²) in [7, 11) is 4.70. The van der Waals surface area contributed by atoms with Crippen LogP contribution in [0, 0.1) is 0 Å². The highest BCUT2D eigenvalue weighted by Gasteiger charge is 2.34. The Kier molecular flexibility index (Phi) is 8.48. The van der Waals surface area contributed by atoms with Crippen LogP contribution in [0.3, 0.4) is 0 Å². The smallest absolute Gasteiger partial charge is 0.271 e. The fourth-order valence-corrected chi connectivity index (χ4v) is 7.27. The molecule has 0 saturated heterocycles. The van der Waals surface area contributed by atoms with Crippen LogP contribution in [0.15, 0.2) is 90.7 Å². The van der Waals surface area contributed by atoms with Crippen LogP contribution in [-0.2, 0) is 4.79 Å². The average molecular weight is 699 g/mol. The Balaban J connectivity index is 1.72. The zero-order chi connectivity index (χ0) is 29.3. The Morgan fingerprint density at radius 2 is 1.71 bits per heavy atom. The van der Waals surface area contributed by atoms with Crippen molar-refractivity contribution in [2.45, 2.75) is 13.0 Å². The number of ether oxygens (including phenoxy) is 3. The van der Waals surface area contributed by atoms with Crippen molar-refractivity contribution >= 4 is 60.9 Å². The van der Waals surface area contributed by atoms with Crippen LogP contribution in [-0.4, -0.2) is 31.8 Å². The molecule has 8 nitrogen and oxygen atoms in total. The van der Waals surface area contributed by atoms with Gasteiger partial charge in [-0.3, -0.25) is 14.2 Å². The number of halogens is 2. The fraction of sp³-hybridized carbons (Fsp3) is 0.167. The van der Waals surface area contributed by atoms with E-state index in [1.807, 2.05) is 36.4 Å². The van der Waals surface area contributed by atoms with Crippen LogP contribution in [0.25, 0.3) is 6.08 Å². The maximum Gasteiger partial charge on any atom is 0.271 e. The van der Waals surface area contributed by atoms with E-state index in [0.29, 0.717) is 49.1 Å². The highest BCUT2D eigenvalue weighted by Crippen LogP contribution is 2.38. The minimum atomic E-state index is -0.799. The summed E-state index contributed by atoms with van der Waals surface area (Å²) in [4.78, 5) is 33.1. The van der Waals surface area contributed by atoms with Crippen molar-refractivity contribution in [1.29, 1.82) is 0 Å². The third kappa shape index (κ3) is 5.61. The van der Waals surface area contributed by atoms with E-state index >= 15 is 0 Å². The van der Waals surface area contributed by atoms with Gasteiger partial charge in [0.1, 0.15) is 23.3 Å². The molecule has 41 heavy (non-hydrogen) atoms. The number of amides is 1. The SMILES string of the molecule is COc1ccc([C@@H]2C(C(=O)Nc3ccccc3)=C(C)N=c3s/c(=C\c4cc(Br)c(OC)c(Br)c4)c(=O)n32)c(OC)c1. The van der Waals surface area contributed by atoms with Crippen LogP contribution in [0.1, 0.15) is 24.1 Å². The van der Waals surface area contributed by atoms with Gasteiger partial charge in [0, 0.05) is 17.3 Å². The molecule has 1 aromatic heterocycles. The second-order valence-corrected chi connectivity index (χ2v) is 11.7. The van der Waals surface area contributed by atoms with E-state index < -0.39 is 6.04 Å². The van der Waals surface area contributed by atoms with Crippen LogP contribution in [0.4, 0.5) is 5.69 Å². The summed E-state index contributed by atoms with van der Waals surface area (Å²) in [6.07, 6.45) is 1.80. The average Bonchev–Trinajstić information content (AvgIpc) is 3.26. The number of aromatic nitrogens is 1. The topological polar surface area (TPSA) is 91.2 Å². The highest BCUT2D eigenvalue weighted by atomic mass is 79.9. The summed E-state index contributed by atoms with van der Waals surface area (Å²) in [6.45, 7) is 1.78. The molecule has 210 valence electrons. The number of allylic oxidation sites excluding steroid dienone is 1. The number of nitrogens with one attached hydrogen (secondary N) is 1. The fourth-order valence-electron chi connectivity index (χ4n) is 4.68. The number of para-hydroxylation sites is 1. The largest absolute Gasteiger partial charge is 0.497 e. The first kappa shape index (κ1) is 28.8. The van der Waals surface area contributed by atoms with Crippen LogP contribution in [0.2, 0.25) is 0 Å². The molecule has 1 aliphatic rings. The third-order valence-corrected chi connectivity index (χ3v) is 8.72. The van der Waals surface area contributed by atoms with Gasteiger partial charge in [-0.05, 0) is 86.8 Å². The lowest BCUT2D eigenvalue weighted by atomic mass is 9.94. The van der Waals surface area contributed by atoms with Crippen molar-refractivity contribution in [1.82, 2.24) is 4.57 Å². The van der Waals surface area contributed by atoms with Gasteiger partial charge in [-0.1, -0.05) is 29.5 Å². The number of methoxy groups -OCH3 is 3. The molecule has 11 heteroatoms. The minimum Gasteiger partial charge on any atom is -0.497 e. The summed E-state index contributed by atoms with van der Waals surface area (Å²) >= 11 is 8.30. The van der Waals surface area contributed by atoms with Gasteiger partial charge in [-0.25, -0.2) is 4.99 Å². The molecule has 1 atom stereocenters. The van der Waals surface area contributed by atoms with Crippen molar-refractivity contribution in [3.05, 3.63) is 112 Å². The number of hydrogen-bond acceptors (Lipinski definition) is 7. The maximum absolute atomic E-state index is 14.1. The number of thiazole rings is 1. The molecule has 5 rings (SSSR count). The van der Waals surface area contributed by atoms with E-state index in [1.165, 1.54) is 11.3 Å². The van der Waals surface area contributed by atoms with E-state index in [2.05, 4.69) is 37.2 Å².